The summed E-state index contributed by atoms with van der Waals surface area (Å²) < 4.78 is 5.42. The van der Waals surface area contributed by atoms with Gasteiger partial charge in [-0.1, -0.05) is 6.07 Å². The van der Waals surface area contributed by atoms with E-state index in [9.17, 15) is 0 Å². The number of rotatable bonds is 5. The van der Waals surface area contributed by atoms with Crippen molar-refractivity contribution in [1.29, 1.82) is 0 Å². The lowest BCUT2D eigenvalue weighted by atomic mass is 10.1. The maximum Gasteiger partial charge on any atom is 0.0762 e. The van der Waals surface area contributed by atoms with E-state index in [1.807, 2.05) is 23.7 Å². The van der Waals surface area contributed by atoms with E-state index < -0.39 is 0 Å². The first kappa shape index (κ1) is 16.1. The van der Waals surface area contributed by atoms with Crippen molar-refractivity contribution in [3.05, 3.63) is 46.2 Å². The SMILES string of the molecule is c1csc(CN2CCC[C@@H]2c2cncc(CN3CCOCC3)n2)c1. The van der Waals surface area contributed by atoms with Crippen molar-refractivity contribution in [2.45, 2.75) is 32.0 Å². The zero-order chi connectivity index (χ0) is 16.2. The standard InChI is InChI=1S/C18H24N4OS/c1-4-18(22(5-1)14-16-3-2-10-24-16)17-12-19-11-15(20-17)13-21-6-8-23-9-7-21/h2-3,10-12,18H,1,4-9,13-14H2/t18-/m1/s1. The summed E-state index contributed by atoms with van der Waals surface area (Å²) in [7, 11) is 0. The van der Waals surface area contributed by atoms with Gasteiger partial charge in [0.1, 0.15) is 0 Å². The summed E-state index contributed by atoms with van der Waals surface area (Å²) in [6.45, 7) is 6.67. The second kappa shape index (κ2) is 7.70. The molecule has 2 aliphatic heterocycles. The molecule has 0 amide bonds. The van der Waals surface area contributed by atoms with Gasteiger partial charge in [-0.3, -0.25) is 19.8 Å². The highest BCUT2D eigenvalue weighted by Crippen LogP contribution is 2.32. The van der Waals surface area contributed by atoms with Crippen LogP contribution in [0.4, 0.5) is 0 Å². The predicted molar refractivity (Wildman–Crippen MR) is 94.8 cm³/mol. The van der Waals surface area contributed by atoms with Crippen molar-refractivity contribution >= 4 is 11.3 Å². The van der Waals surface area contributed by atoms with E-state index in [1.165, 1.54) is 17.7 Å². The minimum absolute atomic E-state index is 0.407. The highest BCUT2D eigenvalue weighted by Gasteiger charge is 2.27. The van der Waals surface area contributed by atoms with Crippen molar-refractivity contribution in [3.63, 3.8) is 0 Å². The molecular weight excluding hydrogens is 320 g/mol. The Morgan fingerprint density at radius 1 is 1.17 bits per heavy atom. The van der Waals surface area contributed by atoms with Crippen LogP contribution >= 0.6 is 11.3 Å². The number of hydrogen-bond donors (Lipinski definition) is 0. The summed E-state index contributed by atoms with van der Waals surface area (Å²) >= 11 is 1.84. The average molecular weight is 344 g/mol. The number of aromatic nitrogens is 2. The molecule has 0 N–H and O–H groups in total. The molecule has 2 aromatic heterocycles. The summed E-state index contributed by atoms with van der Waals surface area (Å²) in [6, 6.07) is 4.76. The van der Waals surface area contributed by atoms with E-state index in [1.54, 1.807) is 0 Å². The van der Waals surface area contributed by atoms with Crippen molar-refractivity contribution in [2.75, 3.05) is 32.8 Å². The van der Waals surface area contributed by atoms with Gasteiger partial charge in [0.05, 0.1) is 30.6 Å². The van der Waals surface area contributed by atoms with Crippen LogP contribution in [0.2, 0.25) is 0 Å². The van der Waals surface area contributed by atoms with Gasteiger partial charge in [0.2, 0.25) is 0 Å². The fraction of sp³-hybridized carbons (Fsp3) is 0.556. The number of ether oxygens (including phenoxy) is 1. The third-order valence-electron chi connectivity index (χ3n) is 4.84. The number of thiophene rings is 1. The average Bonchev–Trinajstić information content (AvgIpc) is 3.28. The van der Waals surface area contributed by atoms with Gasteiger partial charge in [-0.2, -0.15) is 0 Å². The van der Waals surface area contributed by atoms with E-state index in [0.29, 0.717) is 6.04 Å². The zero-order valence-corrected chi connectivity index (χ0v) is 14.7. The molecule has 2 fully saturated rings. The highest BCUT2D eigenvalue weighted by atomic mass is 32.1. The van der Waals surface area contributed by atoms with E-state index in [-0.39, 0.29) is 0 Å². The van der Waals surface area contributed by atoms with Gasteiger partial charge in [-0.05, 0) is 30.8 Å². The molecule has 5 nitrogen and oxygen atoms in total. The molecule has 4 rings (SSSR count). The molecule has 6 heteroatoms. The summed E-state index contributed by atoms with van der Waals surface area (Å²) in [5.74, 6) is 0. The molecule has 0 unspecified atom stereocenters. The first-order valence-electron chi connectivity index (χ1n) is 8.76. The lowest BCUT2D eigenvalue weighted by Gasteiger charge is -2.27. The lowest BCUT2D eigenvalue weighted by Crippen LogP contribution is -2.36. The van der Waals surface area contributed by atoms with Crippen LogP contribution in [0.15, 0.2) is 29.9 Å². The minimum atomic E-state index is 0.407. The Labute approximate surface area is 147 Å². The van der Waals surface area contributed by atoms with E-state index in [4.69, 9.17) is 9.72 Å². The zero-order valence-electron chi connectivity index (χ0n) is 13.9. The van der Waals surface area contributed by atoms with Gasteiger partial charge in [-0.25, -0.2) is 0 Å². The monoisotopic (exact) mass is 344 g/mol. The molecule has 4 heterocycles. The molecule has 0 aromatic carbocycles. The Morgan fingerprint density at radius 3 is 2.92 bits per heavy atom. The lowest BCUT2D eigenvalue weighted by molar-refractivity contribution is 0.0335. The third-order valence-corrected chi connectivity index (χ3v) is 5.70. The van der Waals surface area contributed by atoms with E-state index >= 15 is 0 Å². The quantitative estimate of drug-likeness (QED) is 0.834. The van der Waals surface area contributed by atoms with Crippen molar-refractivity contribution < 1.29 is 4.74 Å². The maximum absolute atomic E-state index is 5.42. The van der Waals surface area contributed by atoms with Gasteiger partial charge in [0, 0.05) is 43.4 Å². The first-order valence-corrected chi connectivity index (χ1v) is 9.64. The smallest absolute Gasteiger partial charge is 0.0762 e. The third kappa shape index (κ3) is 3.83. The Balaban J connectivity index is 1.45. The molecule has 1 atom stereocenters. The second-order valence-corrected chi connectivity index (χ2v) is 7.56. The summed E-state index contributed by atoms with van der Waals surface area (Å²) in [4.78, 5) is 15.8. The van der Waals surface area contributed by atoms with Crippen LogP contribution in [0, 0.1) is 0 Å². The fourth-order valence-corrected chi connectivity index (χ4v) is 4.33. The van der Waals surface area contributed by atoms with Gasteiger partial charge in [0.15, 0.2) is 0 Å². The molecule has 0 bridgehead atoms. The Kier molecular flexibility index (Phi) is 5.18. The molecule has 24 heavy (non-hydrogen) atoms. The number of nitrogens with zero attached hydrogens (tertiary/aromatic N) is 4. The highest BCUT2D eigenvalue weighted by molar-refractivity contribution is 7.09. The van der Waals surface area contributed by atoms with Gasteiger partial charge in [-0.15, -0.1) is 11.3 Å². The summed E-state index contributed by atoms with van der Waals surface area (Å²) in [5, 5.41) is 2.16. The molecule has 2 aliphatic rings. The molecule has 2 aromatic rings. The Morgan fingerprint density at radius 2 is 2.08 bits per heavy atom. The first-order chi connectivity index (χ1) is 11.9. The largest absolute Gasteiger partial charge is 0.379 e. The van der Waals surface area contributed by atoms with E-state index in [2.05, 4.69) is 32.3 Å². The minimum Gasteiger partial charge on any atom is -0.379 e. The van der Waals surface area contributed by atoms with Gasteiger partial charge >= 0.3 is 0 Å². The second-order valence-electron chi connectivity index (χ2n) is 6.53. The van der Waals surface area contributed by atoms with Crippen molar-refractivity contribution in [3.8, 4) is 0 Å². The van der Waals surface area contributed by atoms with Crippen LogP contribution in [-0.2, 0) is 17.8 Å². The molecule has 0 spiro atoms. The van der Waals surface area contributed by atoms with Gasteiger partial charge < -0.3 is 4.74 Å². The topological polar surface area (TPSA) is 41.5 Å². The van der Waals surface area contributed by atoms with Crippen LogP contribution in [0.1, 0.15) is 35.1 Å². The Hall–Kier alpha value is -1.34. The normalized spacial score (nSPS) is 22.9. The van der Waals surface area contributed by atoms with Crippen molar-refractivity contribution in [1.82, 2.24) is 19.8 Å². The Bertz CT molecular complexity index is 642. The molecule has 128 valence electrons. The van der Waals surface area contributed by atoms with E-state index in [0.717, 1.165) is 57.3 Å². The molecule has 0 aliphatic carbocycles. The maximum atomic E-state index is 5.42. The van der Waals surface area contributed by atoms with Crippen LogP contribution in [0.25, 0.3) is 0 Å². The fourth-order valence-electron chi connectivity index (χ4n) is 3.60. The molecule has 0 radical (unpaired) electrons. The van der Waals surface area contributed by atoms with Crippen molar-refractivity contribution in [2.24, 2.45) is 0 Å². The van der Waals surface area contributed by atoms with Gasteiger partial charge in [0.25, 0.3) is 0 Å². The molecule has 0 saturated carbocycles. The number of likely N-dealkylation sites (tertiary alicyclic amines) is 1. The van der Waals surface area contributed by atoms with Crippen LogP contribution in [-0.4, -0.2) is 52.6 Å². The summed E-state index contributed by atoms with van der Waals surface area (Å²) in [6.07, 6.45) is 6.30. The molecule has 2 saturated heterocycles. The van der Waals surface area contributed by atoms with Crippen LogP contribution in [0.3, 0.4) is 0 Å². The predicted octanol–water partition coefficient (Wildman–Crippen LogP) is 2.71. The summed E-state index contributed by atoms with van der Waals surface area (Å²) in [5.41, 5.74) is 2.21. The van der Waals surface area contributed by atoms with Crippen LogP contribution < -0.4 is 0 Å². The van der Waals surface area contributed by atoms with Crippen LogP contribution in [0.5, 0.6) is 0 Å². The number of morpholine rings is 1. The molecular formula is C18H24N4OS. The number of hydrogen-bond acceptors (Lipinski definition) is 6.